The highest BCUT2D eigenvalue weighted by molar-refractivity contribution is 9.09. The van der Waals surface area contributed by atoms with Gasteiger partial charge in [0.25, 0.3) is 0 Å². The Morgan fingerprint density at radius 2 is 2.47 bits per heavy atom. The zero-order chi connectivity index (χ0) is 11.3. The van der Waals surface area contributed by atoms with E-state index in [9.17, 15) is 4.79 Å². The number of carbonyl (C=O) groups is 1. The van der Waals surface area contributed by atoms with Crippen LogP contribution in [0.5, 0.6) is 0 Å². The summed E-state index contributed by atoms with van der Waals surface area (Å²) >= 11 is 4.75. The van der Waals surface area contributed by atoms with Gasteiger partial charge in [0.15, 0.2) is 0 Å². The number of carbonyl (C=O) groups excluding carboxylic acids is 1. The highest BCUT2D eigenvalue weighted by Crippen LogP contribution is 2.27. The van der Waals surface area contributed by atoms with Gasteiger partial charge in [-0.15, -0.1) is 11.3 Å². The maximum atomic E-state index is 11.2. The molecular formula is C9H12BrNO3S. The van der Waals surface area contributed by atoms with Crippen molar-refractivity contribution in [2.24, 2.45) is 0 Å². The summed E-state index contributed by atoms with van der Waals surface area (Å²) in [6.45, 7) is 3.14. The van der Waals surface area contributed by atoms with Gasteiger partial charge in [0.05, 0.1) is 24.7 Å². The van der Waals surface area contributed by atoms with Gasteiger partial charge in [-0.2, -0.15) is 0 Å². The lowest BCUT2D eigenvalue weighted by atomic mass is 10.5. The van der Waals surface area contributed by atoms with Crippen molar-refractivity contribution >= 4 is 33.2 Å². The topological polar surface area (TPSA) is 48.4 Å². The molecular weight excluding hydrogens is 282 g/mol. The lowest BCUT2D eigenvalue weighted by Gasteiger charge is -2.05. The largest absolute Gasteiger partial charge is 0.465 e. The standard InChI is InChI=1S/C9H12BrNO3S/c1-3-14-5-6(10)8-11-4-7(15-8)9(12)13-2/h4,6H,3,5H2,1-2H3. The molecule has 1 rings (SSSR count). The monoisotopic (exact) mass is 293 g/mol. The highest BCUT2D eigenvalue weighted by atomic mass is 79.9. The molecule has 1 heterocycles. The minimum atomic E-state index is -0.352. The van der Waals surface area contributed by atoms with Gasteiger partial charge in [0.2, 0.25) is 0 Å². The van der Waals surface area contributed by atoms with Crippen LogP contribution in [-0.2, 0) is 9.47 Å². The fourth-order valence-corrected chi connectivity index (χ4v) is 2.30. The molecule has 0 bridgehead atoms. The normalized spacial score (nSPS) is 12.5. The summed E-state index contributed by atoms with van der Waals surface area (Å²) in [6, 6.07) is 0. The summed E-state index contributed by atoms with van der Waals surface area (Å²) < 4.78 is 9.84. The molecule has 0 saturated heterocycles. The molecule has 1 aromatic heterocycles. The van der Waals surface area contributed by atoms with Gasteiger partial charge in [-0.25, -0.2) is 9.78 Å². The van der Waals surface area contributed by atoms with Crippen molar-refractivity contribution < 1.29 is 14.3 Å². The summed E-state index contributed by atoms with van der Waals surface area (Å²) in [5.41, 5.74) is 0. The Hall–Kier alpha value is -0.460. The first-order valence-corrected chi connectivity index (χ1v) is 6.18. The Balaban J connectivity index is 2.62. The van der Waals surface area contributed by atoms with Crippen molar-refractivity contribution in [1.82, 2.24) is 4.98 Å². The van der Waals surface area contributed by atoms with E-state index in [0.717, 1.165) is 5.01 Å². The van der Waals surface area contributed by atoms with Crippen LogP contribution in [0.2, 0.25) is 0 Å². The van der Waals surface area contributed by atoms with Gasteiger partial charge in [0.1, 0.15) is 9.88 Å². The fraction of sp³-hybridized carbons (Fsp3) is 0.556. The lowest BCUT2D eigenvalue weighted by molar-refractivity contribution is 0.0606. The number of ether oxygens (including phenoxy) is 2. The van der Waals surface area contributed by atoms with Crippen LogP contribution in [0.25, 0.3) is 0 Å². The number of hydrogen-bond acceptors (Lipinski definition) is 5. The molecule has 0 aliphatic carbocycles. The Kier molecular flexibility index (Phi) is 5.21. The number of aromatic nitrogens is 1. The first-order valence-electron chi connectivity index (χ1n) is 4.44. The summed E-state index contributed by atoms with van der Waals surface area (Å²) in [5.74, 6) is -0.352. The van der Waals surface area contributed by atoms with Gasteiger partial charge in [0, 0.05) is 6.61 Å². The van der Waals surface area contributed by atoms with Gasteiger partial charge in [-0.05, 0) is 6.92 Å². The number of esters is 1. The number of nitrogens with zero attached hydrogens (tertiary/aromatic N) is 1. The van der Waals surface area contributed by atoms with Crippen LogP contribution in [0, 0.1) is 0 Å². The summed E-state index contributed by atoms with van der Waals surface area (Å²) in [5, 5.41) is 0.823. The average Bonchev–Trinajstić information content (AvgIpc) is 2.74. The first-order chi connectivity index (χ1) is 7.19. The second kappa shape index (κ2) is 6.19. The van der Waals surface area contributed by atoms with Crippen LogP contribution in [-0.4, -0.2) is 31.3 Å². The molecule has 1 atom stereocenters. The van der Waals surface area contributed by atoms with E-state index in [2.05, 4.69) is 25.7 Å². The van der Waals surface area contributed by atoms with Crippen molar-refractivity contribution in [3.63, 3.8) is 0 Å². The van der Waals surface area contributed by atoms with Crippen LogP contribution in [0.3, 0.4) is 0 Å². The number of methoxy groups -OCH3 is 1. The molecule has 1 aromatic rings. The quantitative estimate of drug-likeness (QED) is 0.618. The highest BCUT2D eigenvalue weighted by Gasteiger charge is 2.16. The van der Waals surface area contributed by atoms with E-state index < -0.39 is 0 Å². The fourth-order valence-electron chi connectivity index (χ4n) is 0.920. The number of halogens is 1. The maximum Gasteiger partial charge on any atom is 0.349 e. The molecule has 4 nitrogen and oxygen atoms in total. The van der Waals surface area contributed by atoms with E-state index in [0.29, 0.717) is 18.1 Å². The summed E-state index contributed by atoms with van der Waals surface area (Å²) in [6.07, 6.45) is 1.52. The first kappa shape index (κ1) is 12.6. The third kappa shape index (κ3) is 3.55. The third-order valence-corrected chi connectivity index (χ3v) is 3.74. The molecule has 15 heavy (non-hydrogen) atoms. The minimum Gasteiger partial charge on any atom is -0.465 e. The van der Waals surface area contributed by atoms with Crippen LogP contribution >= 0.6 is 27.3 Å². The van der Waals surface area contributed by atoms with Gasteiger partial charge < -0.3 is 9.47 Å². The summed E-state index contributed by atoms with van der Waals surface area (Å²) in [4.78, 5) is 15.8. The number of hydrogen-bond donors (Lipinski definition) is 0. The molecule has 84 valence electrons. The van der Waals surface area contributed by atoms with Crippen molar-refractivity contribution in [3.8, 4) is 0 Å². The smallest absolute Gasteiger partial charge is 0.349 e. The van der Waals surface area contributed by atoms with Crippen LogP contribution in [0.4, 0.5) is 0 Å². The molecule has 6 heteroatoms. The second-order valence-corrected chi connectivity index (χ2v) is 4.85. The average molecular weight is 294 g/mol. The van der Waals surface area contributed by atoms with Crippen molar-refractivity contribution in [1.29, 1.82) is 0 Å². The molecule has 0 aliphatic heterocycles. The van der Waals surface area contributed by atoms with E-state index >= 15 is 0 Å². The Morgan fingerprint density at radius 1 is 1.73 bits per heavy atom. The zero-order valence-electron chi connectivity index (χ0n) is 8.53. The van der Waals surface area contributed by atoms with E-state index in [1.807, 2.05) is 6.92 Å². The van der Waals surface area contributed by atoms with Crippen LogP contribution in [0.15, 0.2) is 6.20 Å². The van der Waals surface area contributed by atoms with E-state index in [1.165, 1.54) is 24.6 Å². The Labute approximate surface area is 101 Å². The van der Waals surface area contributed by atoms with Crippen molar-refractivity contribution in [3.05, 3.63) is 16.1 Å². The molecule has 0 amide bonds. The number of rotatable bonds is 5. The van der Waals surface area contributed by atoms with Gasteiger partial charge >= 0.3 is 5.97 Å². The molecule has 0 N–H and O–H groups in total. The third-order valence-electron chi connectivity index (χ3n) is 1.65. The van der Waals surface area contributed by atoms with Crippen LogP contribution < -0.4 is 0 Å². The van der Waals surface area contributed by atoms with Gasteiger partial charge in [-0.3, -0.25) is 0 Å². The van der Waals surface area contributed by atoms with Crippen molar-refractivity contribution in [2.45, 2.75) is 11.8 Å². The van der Waals surface area contributed by atoms with Crippen LogP contribution in [0.1, 0.15) is 26.4 Å². The predicted octanol–water partition coefficient (Wildman–Crippen LogP) is 2.40. The second-order valence-electron chi connectivity index (χ2n) is 2.68. The minimum absolute atomic E-state index is 0.0286. The lowest BCUT2D eigenvalue weighted by Crippen LogP contribution is -2.00. The van der Waals surface area contributed by atoms with E-state index in [-0.39, 0.29) is 10.8 Å². The summed E-state index contributed by atoms with van der Waals surface area (Å²) in [7, 11) is 1.35. The zero-order valence-corrected chi connectivity index (χ0v) is 10.9. The van der Waals surface area contributed by atoms with E-state index in [4.69, 9.17) is 4.74 Å². The van der Waals surface area contributed by atoms with Crippen molar-refractivity contribution in [2.75, 3.05) is 20.3 Å². The molecule has 0 spiro atoms. The number of thiazole rings is 1. The Bertz CT molecular complexity index is 329. The molecule has 0 saturated carbocycles. The predicted molar refractivity (Wildman–Crippen MR) is 61.6 cm³/mol. The number of alkyl halides is 1. The molecule has 0 aromatic carbocycles. The van der Waals surface area contributed by atoms with E-state index in [1.54, 1.807) is 0 Å². The molecule has 0 radical (unpaired) electrons. The Morgan fingerprint density at radius 3 is 3.07 bits per heavy atom. The molecule has 1 unspecified atom stereocenters. The SMILES string of the molecule is CCOCC(Br)c1ncc(C(=O)OC)s1. The molecule has 0 aliphatic rings. The maximum absolute atomic E-state index is 11.2. The molecule has 0 fully saturated rings. The van der Waals surface area contributed by atoms with Gasteiger partial charge in [-0.1, -0.05) is 15.9 Å².